The molecular formula is C37H47N3O5. The van der Waals surface area contributed by atoms with Gasteiger partial charge in [0.15, 0.2) is 6.10 Å². The summed E-state index contributed by atoms with van der Waals surface area (Å²) in [5, 5.41) is 13.5. The van der Waals surface area contributed by atoms with Crippen LogP contribution >= 0.6 is 0 Å². The Labute approximate surface area is 267 Å². The fraction of sp³-hybridized carbons (Fsp3) is 0.486. The predicted molar refractivity (Wildman–Crippen MR) is 177 cm³/mol. The van der Waals surface area contributed by atoms with Gasteiger partial charge in [0.25, 0.3) is 5.91 Å². The smallest absolute Gasteiger partial charge is 0.337 e. The first-order valence-electron chi connectivity index (χ1n) is 16.1. The Morgan fingerprint density at radius 3 is 2.27 bits per heavy atom. The lowest BCUT2D eigenvalue weighted by Gasteiger charge is -2.42. The lowest BCUT2D eigenvalue weighted by atomic mass is 9.76. The molecule has 0 unspecified atom stereocenters. The molecule has 8 heteroatoms. The lowest BCUT2D eigenvalue weighted by molar-refractivity contribution is -0.160. The molecule has 2 heterocycles. The number of ether oxygens (including phenoxy) is 2. The van der Waals surface area contributed by atoms with E-state index in [1.54, 1.807) is 13.2 Å². The Kier molecular flexibility index (Phi) is 9.54. The zero-order valence-corrected chi connectivity index (χ0v) is 27.5. The summed E-state index contributed by atoms with van der Waals surface area (Å²) in [7, 11) is 1.56. The highest BCUT2D eigenvalue weighted by molar-refractivity contribution is 5.98. The largest absolute Gasteiger partial charge is 0.496 e. The Morgan fingerprint density at radius 2 is 1.67 bits per heavy atom. The van der Waals surface area contributed by atoms with E-state index in [2.05, 4.69) is 10.2 Å². The van der Waals surface area contributed by atoms with Crippen LogP contribution in [0, 0.1) is 19.3 Å². The van der Waals surface area contributed by atoms with Crippen LogP contribution in [-0.2, 0) is 16.1 Å². The van der Waals surface area contributed by atoms with Gasteiger partial charge in [-0.3, -0.25) is 9.78 Å². The predicted octanol–water partition coefficient (Wildman–Crippen LogP) is 7.41. The number of benzene rings is 2. The number of anilines is 1. The van der Waals surface area contributed by atoms with Crippen molar-refractivity contribution in [3.63, 3.8) is 0 Å². The van der Waals surface area contributed by atoms with E-state index >= 15 is 0 Å². The van der Waals surface area contributed by atoms with Crippen molar-refractivity contribution < 1.29 is 24.2 Å². The molecule has 0 bridgehead atoms. The number of methoxy groups -OCH3 is 1. The normalized spacial score (nSPS) is 16.9. The summed E-state index contributed by atoms with van der Waals surface area (Å²) in [6.45, 7) is 11.5. The fourth-order valence-electron chi connectivity index (χ4n) is 7.16. The molecule has 2 N–H and O–H groups in total. The number of amides is 1. The minimum Gasteiger partial charge on any atom is -0.496 e. The molecule has 8 nitrogen and oxygen atoms in total. The number of nitrogens with zero attached hydrogens (tertiary/aromatic N) is 2. The minimum atomic E-state index is -1.20. The zero-order valence-electron chi connectivity index (χ0n) is 27.5. The summed E-state index contributed by atoms with van der Waals surface area (Å²) in [6, 6.07) is 15.3. The molecule has 2 fully saturated rings. The van der Waals surface area contributed by atoms with Crippen molar-refractivity contribution in [2.45, 2.75) is 91.4 Å². The second kappa shape index (κ2) is 13.2. The number of aromatic nitrogens is 1. The van der Waals surface area contributed by atoms with Gasteiger partial charge in [0, 0.05) is 42.1 Å². The third-order valence-electron chi connectivity index (χ3n) is 9.37. The maximum atomic E-state index is 13.3. The maximum Gasteiger partial charge on any atom is 0.337 e. The summed E-state index contributed by atoms with van der Waals surface area (Å²) in [5.41, 5.74) is 5.67. The van der Waals surface area contributed by atoms with Crippen LogP contribution in [0.4, 0.5) is 5.69 Å². The minimum absolute atomic E-state index is 0.232. The van der Waals surface area contributed by atoms with E-state index in [1.165, 1.54) is 25.7 Å². The topological polar surface area (TPSA) is 101 Å². The number of carboxylic acid groups (broad SMARTS) is 1. The highest BCUT2D eigenvalue weighted by atomic mass is 16.5. The lowest BCUT2D eigenvalue weighted by Crippen LogP contribution is -2.40. The Balaban J connectivity index is 1.59. The number of hydrogen-bond donors (Lipinski definition) is 2. The van der Waals surface area contributed by atoms with Crippen molar-refractivity contribution >= 4 is 17.6 Å². The Morgan fingerprint density at radius 1 is 1.00 bits per heavy atom. The summed E-state index contributed by atoms with van der Waals surface area (Å²) in [4.78, 5) is 33.3. The molecule has 1 saturated carbocycles. The van der Waals surface area contributed by atoms with E-state index in [1.807, 2.05) is 77.1 Å². The number of aryl methyl sites for hydroxylation is 2. The van der Waals surface area contributed by atoms with Gasteiger partial charge < -0.3 is 24.8 Å². The second-order valence-corrected chi connectivity index (χ2v) is 13.6. The Hall–Kier alpha value is -3.91. The highest BCUT2D eigenvalue weighted by Crippen LogP contribution is 2.50. The monoisotopic (exact) mass is 613 g/mol. The highest BCUT2D eigenvalue weighted by Gasteiger charge is 2.40. The molecule has 240 valence electrons. The standard InChI is InChI=1S/C37H47N3O5/c1-24-30(27-14-15-28(29(22-27)44-6)34(41)38-23-26-12-8-7-9-13-26)32(40-20-18-37(19-21-40)16-10-11-17-37)31(25(2)39-24)33(35(42)43)45-36(3,4)5/h7-9,12-15,22,33H,10-11,16-21,23H2,1-6H3,(H,38,41)(H,42,43)/t33-/m0/s1. The van der Waals surface area contributed by atoms with Crippen molar-refractivity contribution in [3.8, 4) is 16.9 Å². The fourth-order valence-corrected chi connectivity index (χ4v) is 7.16. The summed E-state index contributed by atoms with van der Waals surface area (Å²) in [5.74, 6) is -0.836. The molecule has 1 aliphatic carbocycles. The van der Waals surface area contributed by atoms with Crippen molar-refractivity contribution in [2.75, 3.05) is 25.1 Å². The van der Waals surface area contributed by atoms with Gasteiger partial charge in [-0.25, -0.2) is 4.79 Å². The third-order valence-corrected chi connectivity index (χ3v) is 9.37. The van der Waals surface area contributed by atoms with Crippen LogP contribution < -0.4 is 15.0 Å². The first-order chi connectivity index (χ1) is 21.4. The van der Waals surface area contributed by atoms with Gasteiger partial charge in [-0.15, -0.1) is 0 Å². The van der Waals surface area contributed by atoms with Crippen molar-refractivity contribution in [1.29, 1.82) is 0 Å². The van der Waals surface area contributed by atoms with Crippen LogP contribution in [0.25, 0.3) is 11.1 Å². The molecular weight excluding hydrogens is 566 g/mol. The number of carbonyl (C=O) groups excluding carboxylic acids is 1. The van der Waals surface area contributed by atoms with Crippen molar-refractivity contribution in [3.05, 3.63) is 76.6 Å². The van der Waals surface area contributed by atoms with Gasteiger partial charge in [0.1, 0.15) is 5.75 Å². The van der Waals surface area contributed by atoms with Crippen LogP contribution in [0.2, 0.25) is 0 Å². The number of rotatable bonds is 9. The second-order valence-electron chi connectivity index (χ2n) is 13.6. The van der Waals surface area contributed by atoms with Gasteiger partial charge in [0.05, 0.1) is 24.0 Å². The van der Waals surface area contributed by atoms with Crippen LogP contribution in [0.15, 0.2) is 48.5 Å². The average molecular weight is 614 g/mol. The van der Waals surface area contributed by atoms with Gasteiger partial charge in [-0.1, -0.05) is 49.2 Å². The van der Waals surface area contributed by atoms with Crippen molar-refractivity contribution in [2.24, 2.45) is 5.41 Å². The number of hydrogen-bond acceptors (Lipinski definition) is 6. The number of aliphatic carboxylic acids is 1. The zero-order chi connectivity index (χ0) is 32.4. The molecule has 1 saturated heterocycles. The van der Waals surface area contributed by atoms with Crippen molar-refractivity contribution in [1.82, 2.24) is 10.3 Å². The maximum absolute atomic E-state index is 13.3. The van der Waals surface area contributed by atoms with E-state index in [0.717, 1.165) is 54.0 Å². The van der Waals surface area contributed by atoms with E-state index < -0.39 is 17.7 Å². The van der Waals surface area contributed by atoms with E-state index in [0.29, 0.717) is 34.5 Å². The average Bonchev–Trinajstić information content (AvgIpc) is 3.46. The number of carboxylic acids is 1. The van der Waals surface area contributed by atoms with Gasteiger partial charge in [-0.2, -0.15) is 0 Å². The molecule has 0 radical (unpaired) electrons. The van der Waals surface area contributed by atoms with Crippen LogP contribution in [0.3, 0.4) is 0 Å². The number of nitrogens with one attached hydrogen (secondary N) is 1. The SMILES string of the molecule is COc1cc(-c2c(C)nc(C)c([C@H](OC(C)(C)C)C(=O)O)c2N2CCC3(CCCC3)CC2)ccc1C(=O)NCc1ccccc1. The number of carbonyl (C=O) groups is 2. The van der Waals surface area contributed by atoms with E-state index in [-0.39, 0.29) is 5.91 Å². The van der Waals surface area contributed by atoms with Gasteiger partial charge in [-0.05, 0) is 89.0 Å². The Bertz CT molecular complexity index is 1530. The first kappa shape index (κ1) is 32.5. The molecule has 2 aliphatic rings. The molecule has 1 aliphatic heterocycles. The van der Waals surface area contributed by atoms with Gasteiger partial charge in [0.2, 0.25) is 0 Å². The summed E-state index contributed by atoms with van der Waals surface area (Å²) < 4.78 is 12.0. The summed E-state index contributed by atoms with van der Waals surface area (Å²) in [6.07, 6.45) is 6.07. The molecule has 3 aromatic rings. The number of piperidine rings is 1. The third kappa shape index (κ3) is 7.17. The molecule has 45 heavy (non-hydrogen) atoms. The number of pyridine rings is 1. The first-order valence-corrected chi connectivity index (χ1v) is 16.1. The summed E-state index contributed by atoms with van der Waals surface area (Å²) >= 11 is 0. The molecule has 1 amide bonds. The molecule has 5 rings (SSSR count). The van der Waals surface area contributed by atoms with E-state index in [4.69, 9.17) is 14.5 Å². The van der Waals surface area contributed by atoms with Crippen LogP contribution in [0.1, 0.15) is 98.3 Å². The molecule has 1 spiro atoms. The van der Waals surface area contributed by atoms with Crippen LogP contribution in [-0.4, -0.2) is 47.8 Å². The molecule has 2 aromatic carbocycles. The quantitative estimate of drug-likeness (QED) is 0.259. The van der Waals surface area contributed by atoms with Crippen LogP contribution in [0.5, 0.6) is 5.75 Å². The van der Waals surface area contributed by atoms with Gasteiger partial charge >= 0.3 is 5.97 Å². The van der Waals surface area contributed by atoms with E-state index in [9.17, 15) is 14.7 Å². The molecule has 1 aromatic heterocycles. The molecule has 1 atom stereocenters.